The Balaban J connectivity index is 1.85. The number of hydrogen-bond acceptors (Lipinski definition) is 1. The van der Waals surface area contributed by atoms with Crippen molar-refractivity contribution >= 4 is 11.6 Å². The molecule has 4 heteroatoms. The highest BCUT2D eigenvalue weighted by molar-refractivity contribution is 5.91. The molecule has 2 aromatic carbocycles. The van der Waals surface area contributed by atoms with Crippen LogP contribution in [0.25, 0.3) is 0 Å². The summed E-state index contributed by atoms with van der Waals surface area (Å²) in [6, 6.07) is 16.3. The first-order chi connectivity index (χ1) is 9.66. The van der Waals surface area contributed by atoms with Crippen LogP contribution in [0.1, 0.15) is 18.5 Å². The van der Waals surface area contributed by atoms with Gasteiger partial charge in [0.1, 0.15) is 11.9 Å². The van der Waals surface area contributed by atoms with Crippen LogP contribution in [-0.4, -0.2) is 12.5 Å². The van der Waals surface area contributed by atoms with Gasteiger partial charge in [-0.05, 0) is 19.1 Å². The van der Waals surface area contributed by atoms with Crippen molar-refractivity contribution in [2.45, 2.75) is 13.0 Å². The topological polar surface area (TPSA) is 45.7 Å². The second kappa shape index (κ2) is 6.82. The molecule has 2 rings (SSSR count). The molecular weight excluding hydrogens is 255 g/mol. The van der Waals surface area contributed by atoms with Gasteiger partial charge in [-0.2, -0.15) is 0 Å². The fourth-order valence-corrected chi connectivity index (χ4v) is 1.94. The van der Waals surface area contributed by atoms with Crippen molar-refractivity contribution in [1.82, 2.24) is 0 Å². The van der Waals surface area contributed by atoms with Gasteiger partial charge >= 0.3 is 0 Å². The number of benzene rings is 2. The standard InChI is InChI=1S/C16H17FN2O/c1-12(13-7-3-2-4-8-13)18-11-16(20)19-15-10-6-5-9-14(15)17/h2-10,12,18H,11H2,1H3,(H,19,20)/p+1/t12-/m0/s1. The second-order valence-electron chi connectivity index (χ2n) is 4.67. The molecule has 0 fully saturated rings. The quantitative estimate of drug-likeness (QED) is 0.861. The lowest BCUT2D eigenvalue weighted by Gasteiger charge is -2.11. The van der Waals surface area contributed by atoms with E-state index in [2.05, 4.69) is 5.32 Å². The van der Waals surface area contributed by atoms with Crippen molar-refractivity contribution in [3.8, 4) is 0 Å². The lowest BCUT2D eigenvalue weighted by atomic mass is 10.1. The molecule has 0 saturated carbocycles. The lowest BCUT2D eigenvalue weighted by molar-refractivity contribution is -0.682. The summed E-state index contributed by atoms with van der Waals surface area (Å²) in [4.78, 5) is 11.8. The molecule has 0 aliphatic heterocycles. The Labute approximate surface area is 117 Å². The highest BCUT2D eigenvalue weighted by Crippen LogP contribution is 2.11. The van der Waals surface area contributed by atoms with Crippen molar-refractivity contribution in [2.24, 2.45) is 0 Å². The zero-order valence-electron chi connectivity index (χ0n) is 11.3. The summed E-state index contributed by atoms with van der Waals surface area (Å²) < 4.78 is 13.4. The molecule has 0 bridgehead atoms. The second-order valence-corrected chi connectivity index (χ2v) is 4.67. The maximum atomic E-state index is 13.4. The van der Waals surface area contributed by atoms with E-state index < -0.39 is 5.82 Å². The minimum Gasteiger partial charge on any atom is -0.333 e. The molecule has 104 valence electrons. The Morgan fingerprint density at radius 1 is 1.15 bits per heavy atom. The van der Waals surface area contributed by atoms with Crippen LogP contribution in [0.4, 0.5) is 10.1 Å². The van der Waals surface area contributed by atoms with Gasteiger partial charge in [0.2, 0.25) is 0 Å². The van der Waals surface area contributed by atoms with Gasteiger partial charge in [-0.15, -0.1) is 0 Å². The van der Waals surface area contributed by atoms with Crippen LogP contribution in [-0.2, 0) is 4.79 Å². The number of carbonyl (C=O) groups is 1. The van der Waals surface area contributed by atoms with Crippen LogP contribution in [0.3, 0.4) is 0 Å². The lowest BCUT2D eigenvalue weighted by Crippen LogP contribution is -2.86. The summed E-state index contributed by atoms with van der Waals surface area (Å²) in [5, 5.41) is 4.49. The van der Waals surface area contributed by atoms with Crippen LogP contribution in [0.2, 0.25) is 0 Å². The maximum Gasteiger partial charge on any atom is 0.279 e. The van der Waals surface area contributed by atoms with Gasteiger partial charge in [-0.3, -0.25) is 4.79 Å². The molecular formula is C16H18FN2O+. The molecule has 0 aliphatic carbocycles. The van der Waals surface area contributed by atoms with Gasteiger partial charge in [-0.1, -0.05) is 42.5 Å². The highest BCUT2D eigenvalue weighted by atomic mass is 19.1. The summed E-state index contributed by atoms with van der Waals surface area (Å²) in [5.74, 6) is -0.630. The van der Waals surface area contributed by atoms with E-state index in [9.17, 15) is 9.18 Å². The van der Waals surface area contributed by atoms with E-state index in [1.165, 1.54) is 6.07 Å². The predicted octanol–water partition coefficient (Wildman–Crippen LogP) is 2.09. The van der Waals surface area contributed by atoms with E-state index >= 15 is 0 Å². The summed E-state index contributed by atoms with van der Waals surface area (Å²) in [6.45, 7) is 2.29. The van der Waals surface area contributed by atoms with Crippen LogP contribution >= 0.6 is 0 Å². The molecule has 20 heavy (non-hydrogen) atoms. The zero-order chi connectivity index (χ0) is 14.4. The summed E-state index contributed by atoms with van der Waals surface area (Å²) in [7, 11) is 0. The predicted molar refractivity (Wildman–Crippen MR) is 76.7 cm³/mol. The van der Waals surface area contributed by atoms with E-state index in [-0.39, 0.29) is 24.2 Å². The molecule has 0 heterocycles. The zero-order valence-corrected chi connectivity index (χ0v) is 11.3. The Morgan fingerprint density at radius 3 is 2.50 bits per heavy atom. The smallest absolute Gasteiger partial charge is 0.279 e. The van der Waals surface area contributed by atoms with Gasteiger partial charge in [0.15, 0.2) is 6.54 Å². The Morgan fingerprint density at radius 2 is 1.80 bits per heavy atom. The van der Waals surface area contributed by atoms with Crippen molar-refractivity contribution in [3.05, 3.63) is 66.0 Å². The number of nitrogens with two attached hydrogens (primary N) is 1. The summed E-state index contributed by atoms with van der Waals surface area (Å²) >= 11 is 0. The van der Waals surface area contributed by atoms with E-state index in [0.29, 0.717) is 0 Å². The number of nitrogens with one attached hydrogen (secondary N) is 1. The Kier molecular flexibility index (Phi) is 4.85. The number of amides is 1. The third kappa shape index (κ3) is 3.90. The van der Waals surface area contributed by atoms with Crippen LogP contribution in [0.15, 0.2) is 54.6 Å². The number of carbonyl (C=O) groups excluding carboxylic acids is 1. The van der Waals surface area contributed by atoms with Crippen molar-refractivity contribution in [2.75, 3.05) is 11.9 Å². The normalized spacial score (nSPS) is 11.9. The molecule has 1 amide bonds. The van der Waals surface area contributed by atoms with E-state index in [0.717, 1.165) is 5.56 Å². The first-order valence-corrected chi connectivity index (χ1v) is 6.59. The molecule has 0 unspecified atom stereocenters. The molecule has 3 N–H and O–H groups in total. The monoisotopic (exact) mass is 273 g/mol. The number of anilines is 1. The van der Waals surface area contributed by atoms with E-state index in [1.807, 2.05) is 42.6 Å². The fourth-order valence-electron chi connectivity index (χ4n) is 1.94. The first kappa shape index (κ1) is 14.2. The van der Waals surface area contributed by atoms with Gasteiger partial charge < -0.3 is 10.6 Å². The molecule has 0 radical (unpaired) electrons. The average Bonchev–Trinajstić information content (AvgIpc) is 2.48. The molecule has 0 aromatic heterocycles. The summed E-state index contributed by atoms with van der Waals surface area (Å²) in [6.07, 6.45) is 0. The third-order valence-electron chi connectivity index (χ3n) is 3.13. The fraction of sp³-hybridized carbons (Fsp3) is 0.188. The first-order valence-electron chi connectivity index (χ1n) is 6.59. The Hall–Kier alpha value is -2.20. The van der Waals surface area contributed by atoms with E-state index in [1.54, 1.807) is 18.2 Å². The highest BCUT2D eigenvalue weighted by Gasteiger charge is 2.12. The van der Waals surface area contributed by atoms with Crippen molar-refractivity contribution in [1.29, 1.82) is 0 Å². The van der Waals surface area contributed by atoms with Crippen LogP contribution in [0.5, 0.6) is 0 Å². The molecule has 2 aromatic rings. The molecule has 1 atom stereocenters. The number of rotatable bonds is 5. The minimum absolute atomic E-state index is 0.183. The van der Waals surface area contributed by atoms with E-state index in [4.69, 9.17) is 0 Å². The van der Waals surface area contributed by atoms with Gasteiger partial charge in [-0.25, -0.2) is 4.39 Å². The SMILES string of the molecule is C[C@H]([NH2+]CC(=O)Nc1ccccc1F)c1ccccc1. The molecule has 0 spiro atoms. The van der Waals surface area contributed by atoms with Gasteiger partial charge in [0.05, 0.1) is 5.69 Å². The number of halogens is 1. The molecule has 0 saturated heterocycles. The van der Waals surface area contributed by atoms with Crippen LogP contribution in [0, 0.1) is 5.82 Å². The van der Waals surface area contributed by atoms with Gasteiger partial charge in [0, 0.05) is 5.56 Å². The molecule has 0 aliphatic rings. The average molecular weight is 273 g/mol. The van der Waals surface area contributed by atoms with Crippen molar-refractivity contribution in [3.63, 3.8) is 0 Å². The third-order valence-corrected chi connectivity index (χ3v) is 3.13. The van der Waals surface area contributed by atoms with Crippen LogP contribution < -0.4 is 10.6 Å². The largest absolute Gasteiger partial charge is 0.333 e. The summed E-state index contributed by atoms with van der Waals surface area (Å²) in [5.41, 5.74) is 1.38. The number of para-hydroxylation sites is 1. The van der Waals surface area contributed by atoms with Gasteiger partial charge in [0.25, 0.3) is 5.91 Å². The number of quaternary nitrogens is 1. The maximum absolute atomic E-state index is 13.4. The Bertz CT molecular complexity index is 572. The number of hydrogen-bond donors (Lipinski definition) is 2. The van der Waals surface area contributed by atoms with Crippen molar-refractivity contribution < 1.29 is 14.5 Å². The minimum atomic E-state index is -0.419. The molecule has 3 nitrogen and oxygen atoms in total.